The van der Waals surface area contributed by atoms with Crippen LogP contribution >= 0.6 is 0 Å². The molecule has 0 atom stereocenters. The van der Waals surface area contributed by atoms with Crippen LogP contribution in [0.4, 0.5) is 5.69 Å². The molecule has 0 unspecified atom stereocenters. The number of rotatable bonds is 3. The average molecular weight is 222 g/mol. The minimum absolute atomic E-state index is 0.0144. The first-order valence-corrected chi connectivity index (χ1v) is 5.34. The molecule has 1 aliphatic heterocycles. The summed E-state index contributed by atoms with van der Waals surface area (Å²) >= 11 is 0. The van der Waals surface area contributed by atoms with Gasteiger partial charge in [-0.3, -0.25) is 15.1 Å². The molecule has 0 bridgehead atoms. The fraction of sp³-hybridized carbons (Fsp3) is 0.500. The van der Waals surface area contributed by atoms with E-state index >= 15 is 0 Å². The standard InChI is InChI=1S/C10H14N4O2/c1-2-9-10(14(15)16)8-11-13(9)12-6-4-3-5-7-12/h2,8H,1,3-7H2. The minimum atomic E-state index is -0.426. The Kier molecular flexibility index (Phi) is 2.89. The van der Waals surface area contributed by atoms with Crippen molar-refractivity contribution >= 4 is 11.8 Å². The Labute approximate surface area is 93.3 Å². The lowest BCUT2D eigenvalue weighted by atomic mass is 10.2. The highest BCUT2D eigenvalue weighted by molar-refractivity contribution is 5.55. The van der Waals surface area contributed by atoms with Crippen LogP contribution in [-0.2, 0) is 0 Å². The van der Waals surface area contributed by atoms with Gasteiger partial charge in [-0.1, -0.05) is 6.58 Å². The molecule has 2 rings (SSSR count). The Bertz CT molecular complexity index is 407. The summed E-state index contributed by atoms with van der Waals surface area (Å²) in [5.74, 6) is 0. The van der Waals surface area contributed by atoms with Crippen molar-refractivity contribution in [1.29, 1.82) is 0 Å². The molecule has 1 aromatic heterocycles. The van der Waals surface area contributed by atoms with E-state index in [1.807, 2.05) is 5.01 Å². The van der Waals surface area contributed by atoms with Crippen molar-refractivity contribution in [2.75, 3.05) is 18.1 Å². The summed E-state index contributed by atoms with van der Waals surface area (Å²) in [6, 6.07) is 0. The summed E-state index contributed by atoms with van der Waals surface area (Å²) in [6.45, 7) is 5.39. The molecule has 86 valence electrons. The maximum atomic E-state index is 10.8. The van der Waals surface area contributed by atoms with Crippen molar-refractivity contribution in [1.82, 2.24) is 9.89 Å². The maximum absolute atomic E-state index is 10.8. The third-order valence-electron chi connectivity index (χ3n) is 2.76. The van der Waals surface area contributed by atoms with Crippen molar-refractivity contribution in [3.8, 4) is 0 Å². The van der Waals surface area contributed by atoms with Crippen molar-refractivity contribution < 1.29 is 4.92 Å². The molecule has 0 N–H and O–H groups in total. The molecular weight excluding hydrogens is 208 g/mol. The van der Waals surface area contributed by atoms with E-state index in [1.165, 1.54) is 18.7 Å². The molecule has 1 aromatic rings. The molecule has 0 amide bonds. The molecule has 1 fully saturated rings. The zero-order valence-electron chi connectivity index (χ0n) is 9.00. The van der Waals surface area contributed by atoms with Gasteiger partial charge >= 0.3 is 5.69 Å². The number of piperidine rings is 1. The van der Waals surface area contributed by atoms with E-state index in [4.69, 9.17) is 0 Å². The Hall–Kier alpha value is -1.85. The number of hydrogen-bond donors (Lipinski definition) is 0. The van der Waals surface area contributed by atoms with Gasteiger partial charge in [-0.15, -0.1) is 0 Å². The van der Waals surface area contributed by atoms with E-state index in [9.17, 15) is 10.1 Å². The van der Waals surface area contributed by atoms with Crippen molar-refractivity contribution in [2.24, 2.45) is 0 Å². The predicted molar refractivity (Wildman–Crippen MR) is 60.8 cm³/mol. The van der Waals surface area contributed by atoms with Gasteiger partial charge in [0, 0.05) is 13.1 Å². The second-order valence-electron chi connectivity index (χ2n) is 3.78. The molecule has 0 saturated carbocycles. The van der Waals surface area contributed by atoms with Crippen molar-refractivity contribution in [3.05, 3.63) is 28.6 Å². The van der Waals surface area contributed by atoms with E-state index < -0.39 is 4.92 Å². The lowest BCUT2D eigenvalue weighted by molar-refractivity contribution is -0.385. The third kappa shape index (κ3) is 1.78. The van der Waals surface area contributed by atoms with Gasteiger partial charge in [0.1, 0.15) is 6.20 Å². The third-order valence-corrected chi connectivity index (χ3v) is 2.76. The number of aromatic nitrogens is 2. The highest BCUT2D eigenvalue weighted by Crippen LogP contribution is 2.20. The number of nitro groups is 1. The largest absolute Gasteiger partial charge is 0.316 e. The van der Waals surface area contributed by atoms with Crippen LogP contribution in [0.3, 0.4) is 0 Å². The summed E-state index contributed by atoms with van der Waals surface area (Å²) in [5.41, 5.74) is 0.479. The molecule has 0 aliphatic carbocycles. The normalized spacial score (nSPS) is 16.1. The molecule has 0 aromatic carbocycles. The zero-order chi connectivity index (χ0) is 11.5. The summed E-state index contributed by atoms with van der Waals surface area (Å²) in [6.07, 6.45) is 6.18. The molecule has 6 heteroatoms. The topological polar surface area (TPSA) is 64.2 Å². The van der Waals surface area contributed by atoms with E-state index in [0.717, 1.165) is 25.9 Å². The van der Waals surface area contributed by atoms with Crippen LogP contribution in [0.15, 0.2) is 12.8 Å². The zero-order valence-corrected chi connectivity index (χ0v) is 9.00. The summed E-state index contributed by atoms with van der Waals surface area (Å²) in [4.78, 5) is 11.9. The first-order valence-electron chi connectivity index (χ1n) is 5.34. The van der Waals surface area contributed by atoms with Crippen LogP contribution in [0.5, 0.6) is 0 Å². The second-order valence-corrected chi connectivity index (χ2v) is 3.78. The van der Waals surface area contributed by atoms with Gasteiger partial charge in [-0.05, 0) is 25.3 Å². The monoisotopic (exact) mass is 222 g/mol. The molecule has 0 spiro atoms. The van der Waals surface area contributed by atoms with Crippen LogP contribution in [0.2, 0.25) is 0 Å². The van der Waals surface area contributed by atoms with Crippen LogP contribution in [0, 0.1) is 10.1 Å². The van der Waals surface area contributed by atoms with Gasteiger partial charge in [0.05, 0.1) is 4.92 Å². The molecule has 16 heavy (non-hydrogen) atoms. The van der Waals surface area contributed by atoms with Crippen LogP contribution in [-0.4, -0.2) is 27.9 Å². The SMILES string of the molecule is C=Cc1c([N+](=O)[O-])cnn1N1CCCCC1. The van der Waals surface area contributed by atoms with E-state index in [-0.39, 0.29) is 5.69 Å². The minimum Gasteiger partial charge on any atom is -0.296 e. The summed E-state index contributed by atoms with van der Waals surface area (Å²) in [5, 5.41) is 16.8. The van der Waals surface area contributed by atoms with Crippen LogP contribution in [0.1, 0.15) is 25.0 Å². The lowest BCUT2D eigenvalue weighted by Gasteiger charge is -2.28. The number of nitrogens with zero attached hydrogens (tertiary/aromatic N) is 4. The average Bonchev–Trinajstić information content (AvgIpc) is 2.73. The first-order chi connectivity index (χ1) is 7.74. The quantitative estimate of drug-likeness (QED) is 0.575. The molecule has 1 saturated heterocycles. The van der Waals surface area contributed by atoms with Crippen molar-refractivity contribution in [2.45, 2.75) is 19.3 Å². The van der Waals surface area contributed by atoms with E-state index in [1.54, 1.807) is 4.79 Å². The van der Waals surface area contributed by atoms with Gasteiger partial charge in [0.15, 0.2) is 5.69 Å². The van der Waals surface area contributed by atoms with Crippen LogP contribution < -0.4 is 5.01 Å². The predicted octanol–water partition coefficient (Wildman–Crippen LogP) is 1.56. The Balaban J connectivity index is 2.32. The molecular formula is C10H14N4O2. The number of hydrogen-bond acceptors (Lipinski definition) is 4. The molecule has 6 nitrogen and oxygen atoms in total. The van der Waals surface area contributed by atoms with Crippen LogP contribution in [0.25, 0.3) is 6.08 Å². The highest BCUT2D eigenvalue weighted by atomic mass is 16.6. The van der Waals surface area contributed by atoms with Gasteiger partial charge in [0.2, 0.25) is 0 Å². The van der Waals surface area contributed by atoms with E-state index in [0.29, 0.717) is 5.69 Å². The van der Waals surface area contributed by atoms with E-state index in [2.05, 4.69) is 11.7 Å². The Morgan fingerprint density at radius 1 is 1.44 bits per heavy atom. The molecule has 1 aliphatic rings. The second kappa shape index (κ2) is 4.34. The maximum Gasteiger partial charge on any atom is 0.316 e. The van der Waals surface area contributed by atoms with Crippen molar-refractivity contribution in [3.63, 3.8) is 0 Å². The Morgan fingerprint density at radius 2 is 2.12 bits per heavy atom. The van der Waals surface area contributed by atoms with Gasteiger partial charge in [-0.25, -0.2) is 0 Å². The molecule has 0 radical (unpaired) electrons. The highest BCUT2D eigenvalue weighted by Gasteiger charge is 2.22. The smallest absolute Gasteiger partial charge is 0.296 e. The van der Waals surface area contributed by atoms with Gasteiger partial charge in [-0.2, -0.15) is 9.89 Å². The lowest BCUT2D eigenvalue weighted by Crippen LogP contribution is -2.40. The summed E-state index contributed by atoms with van der Waals surface area (Å²) in [7, 11) is 0. The first kappa shape index (κ1) is 10.7. The Morgan fingerprint density at radius 3 is 2.69 bits per heavy atom. The summed E-state index contributed by atoms with van der Waals surface area (Å²) < 4.78 is 0. The fourth-order valence-electron chi connectivity index (χ4n) is 1.96. The van der Waals surface area contributed by atoms with Gasteiger partial charge in [0.25, 0.3) is 0 Å². The van der Waals surface area contributed by atoms with Gasteiger partial charge < -0.3 is 0 Å². The molecule has 2 heterocycles. The fourth-order valence-corrected chi connectivity index (χ4v) is 1.96.